The van der Waals surface area contributed by atoms with E-state index in [1.165, 1.54) is 0 Å². The second-order valence-electron chi connectivity index (χ2n) is 7.35. The predicted molar refractivity (Wildman–Crippen MR) is 89.1 cm³/mol. The van der Waals surface area contributed by atoms with E-state index in [0.29, 0.717) is 18.9 Å². The molecule has 5 nitrogen and oxygen atoms in total. The summed E-state index contributed by atoms with van der Waals surface area (Å²) in [6.07, 6.45) is 3.43. The molecule has 0 aromatic carbocycles. The van der Waals surface area contributed by atoms with Crippen molar-refractivity contribution in [3.05, 3.63) is 0 Å². The molecule has 2 saturated heterocycles. The molecule has 0 N–H and O–H groups in total. The smallest absolute Gasteiger partial charge is 0.410 e. The summed E-state index contributed by atoms with van der Waals surface area (Å²) in [5.74, 6) is 0.602. The highest BCUT2D eigenvalue weighted by Crippen LogP contribution is 2.25. The lowest BCUT2D eigenvalue weighted by Gasteiger charge is -2.38. The largest absolute Gasteiger partial charge is 0.444 e. The van der Waals surface area contributed by atoms with Crippen molar-refractivity contribution in [1.82, 2.24) is 9.80 Å². The highest BCUT2D eigenvalue weighted by atomic mass is 79.9. The van der Waals surface area contributed by atoms with Crippen molar-refractivity contribution >= 4 is 27.9 Å². The van der Waals surface area contributed by atoms with Gasteiger partial charge in [-0.3, -0.25) is 4.79 Å². The summed E-state index contributed by atoms with van der Waals surface area (Å²) in [6, 6.07) is 0.0848. The Morgan fingerprint density at radius 2 is 2.09 bits per heavy atom. The molecule has 2 aliphatic heterocycles. The van der Waals surface area contributed by atoms with Crippen LogP contribution in [-0.2, 0) is 9.53 Å². The third-order valence-electron chi connectivity index (χ3n) is 4.20. The number of halogens is 1. The molecule has 0 aromatic rings. The fourth-order valence-corrected chi connectivity index (χ4v) is 3.57. The second-order valence-corrected chi connectivity index (χ2v) is 7.99. The summed E-state index contributed by atoms with van der Waals surface area (Å²) in [4.78, 5) is 28.2. The number of rotatable bonds is 3. The van der Waals surface area contributed by atoms with Crippen LogP contribution in [0.25, 0.3) is 0 Å². The van der Waals surface area contributed by atoms with Gasteiger partial charge in [0.1, 0.15) is 5.60 Å². The Bertz CT molecular complexity index is 422. The molecule has 2 heterocycles. The third kappa shape index (κ3) is 4.61. The van der Waals surface area contributed by atoms with Gasteiger partial charge in [0.2, 0.25) is 5.91 Å². The first-order chi connectivity index (χ1) is 10.3. The molecule has 0 saturated carbocycles. The number of likely N-dealkylation sites (tertiary alicyclic amines) is 2. The average Bonchev–Trinajstić information content (AvgIpc) is 2.78. The Labute approximate surface area is 141 Å². The van der Waals surface area contributed by atoms with Crippen molar-refractivity contribution in [3.8, 4) is 0 Å². The molecule has 2 aliphatic rings. The highest BCUT2D eigenvalue weighted by Gasteiger charge is 2.35. The molecule has 22 heavy (non-hydrogen) atoms. The van der Waals surface area contributed by atoms with Crippen molar-refractivity contribution in [2.45, 2.75) is 58.1 Å². The van der Waals surface area contributed by atoms with Crippen LogP contribution in [0.3, 0.4) is 0 Å². The van der Waals surface area contributed by atoms with Gasteiger partial charge in [0, 0.05) is 31.4 Å². The molecule has 0 aliphatic carbocycles. The van der Waals surface area contributed by atoms with E-state index in [4.69, 9.17) is 4.74 Å². The maximum Gasteiger partial charge on any atom is 0.410 e. The summed E-state index contributed by atoms with van der Waals surface area (Å²) in [5.41, 5.74) is -0.483. The normalized spacial score (nSPS) is 26.5. The Morgan fingerprint density at radius 3 is 2.68 bits per heavy atom. The monoisotopic (exact) mass is 374 g/mol. The lowest BCUT2D eigenvalue weighted by molar-refractivity contribution is -0.128. The molecule has 2 amide bonds. The molecule has 0 radical (unpaired) electrons. The Hall–Kier alpha value is -0.780. The lowest BCUT2D eigenvalue weighted by Crippen LogP contribution is -2.51. The van der Waals surface area contributed by atoms with Crippen LogP contribution in [0.2, 0.25) is 0 Å². The summed E-state index contributed by atoms with van der Waals surface area (Å²) >= 11 is 3.46. The summed E-state index contributed by atoms with van der Waals surface area (Å²) < 4.78 is 5.52. The fraction of sp³-hybridized carbons (Fsp3) is 0.875. The van der Waals surface area contributed by atoms with Gasteiger partial charge < -0.3 is 14.5 Å². The van der Waals surface area contributed by atoms with Crippen LogP contribution in [-0.4, -0.2) is 58.4 Å². The first kappa shape index (κ1) is 17.6. The minimum Gasteiger partial charge on any atom is -0.444 e. The number of hydrogen-bond acceptors (Lipinski definition) is 3. The topological polar surface area (TPSA) is 49.9 Å². The average molecular weight is 375 g/mol. The molecule has 2 atom stereocenters. The highest BCUT2D eigenvalue weighted by molar-refractivity contribution is 9.09. The van der Waals surface area contributed by atoms with Crippen molar-refractivity contribution in [3.63, 3.8) is 0 Å². The molecule has 126 valence electrons. The fourth-order valence-electron chi connectivity index (χ4n) is 3.14. The van der Waals surface area contributed by atoms with E-state index >= 15 is 0 Å². The van der Waals surface area contributed by atoms with E-state index in [1.807, 2.05) is 30.6 Å². The maximum absolute atomic E-state index is 12.4. The first-order valence-corrected chi connectivity index (χ1v) is 9.25. The molecular formula is C16H27BrN2O3. The van der Waals surface area contributed by atoms with Gasteiger partial charge in [0.25, 0.3) is 0 Å². The van der Waals surface area contributed by atoms with Crippen LogP contribution in [0.4, 0.5) is 4.79 Å². The molecule has 2 unspecified atom stereocenters. The zero-order valence-electron chi connectivity index (χ0n) is 13.8. The third-order valence-corrected chi connectivity index (χ3v) is 5.11. The van der Waals surface area contributed by atoms with Crippen molar-refractivity contribution < 1.29 is 14.3 Å². The number of carbonyl (C=O) groups excluding carboxylic acids is 2. The Morgan fingerprint density at radius 1 is 1.36 bits per heavy atom. The van der Waals surface area contributed by atoms with Gasteiger partial charge in [-0.25, -0.2) is 4.79 Å². The van der Waals surface area contributed by atoms with E-state index in [9.17, 15) is 9.59 Å². The van der Waals surface area contributed by atoms with E-state index in [0.717, 1.165) is 37.7 Å². The van der Waals surface area contributed by atoms with Gasteiger partial charge in [-0.15, -0.1) is 0 Å². The lowest BCUT2D eigenvalue weighted by atomic mass is 10.0. The second kappa shape index (κ2) is 7.20. The Balaban J connectivity index is 1.98. The van der Waals surface area contributed by atoms with E-state index in [2.05, 4.69) is 15.9 Å². The number of amides is 2. The summed E-state index contributed by atoms with van der Waals surface area (Å²) in [6.45, 7) is 7.81. The van der Waals surface area contributed by atoms with Crippen molar-refractivity contribution in [1.29, 1.82) is 0 Å². The number of nitrogens with zero attached hydrogens (tertiary/aromatic N) is 2. The SMILES string of the molecule is CC(C)(C)OC(=O)N1CCCCC1CN1CC(CBr)CC1=O. The van der Waals surface area contributed by atoms with Crippen LogP contribution in [0, 0.1) is 5.92 Å². The number of piperidine rings is 1. The van der Waals surface area contributed by atoms with Crippen LogP contribution >= 0.6 is 15.9 Å². The van der Waals surface area contributed by atoms with Crippen LogP contribution in [0.1, 0.15) is 46.5 Å². The molecule has 6 heteroatoms. The molecule has 0 bridgehead atoms. The molecule has 0 spiro atoms. The van der Waals surface area contributed by atoms with Gasteiger partial charge in [-0.2, -0.15) is 0 Å². The zero-order valence-corrected chi connectivity index (χ0v) is 15.4. The number of hydrogen-bond donors (Lipinski definition) is 0. The standard InChI is InChI=1S/C16H27BrN2O3/c1-16(2,3)22-15(21)19-7-5-4-6-13(19)11-18-10-12(9-17)8-14(18)20/h12-13H,4-11H2,1-3H3. The first-order valence-electron chi connectivity index (χ1n) is 8.13. The number of carbonyl (C=O) groups is 2. The van der Waals surface area contributed by atoms with E-state index < -0.39 is 5.60 Å². The molecular weight excluding hydrogens is 348 g/mol. The van der Waals surface area contributed by atoms with Gasteiger partial charge in [0.05, 0.1) is 6.04 Å². The van der Waals surface area contributed by atoms with Gasteiger partial charge >= 0.3 is 6.09 Å². The van der Waals surface area contributed by atoms with Gasteiger partial charge in [0.15, 0.2) is 0 Å². The summed E-state index contributed by atoms with van der Waals surface area (Å²) in [5, 5.41) is 0.857. The maximum atomic E-state index is 12.4. The molecule has 2 rings (SSSR count). The van der Waals surface area contributed by atoms with Crippen molar-refractivity contribution in [2.75, 3.05) is 25.0 Å². The minimum absolute atomic E-state index is 0.0848. The minimum atomic E-state index is -0.483. The Kier molecular flexibility index (Phi) is 5.75. The zero-order chi connectivity index (χ0) is 16.3. The van der Waals surface area contributed by atoms with Crippen molar-refractivity contribution in [2.24, 2.45) is 5.92 Å². The number of ether oxygens (including phenoxy) is 1. The quantitative estimate of drug-likeness (QED) is 0.713. The predicted octanol–water partition coefficient (Wildman–Crippen LogP) is 3.02. The van der Waals surface area contributed by atoms with Gasteiger partial charge in [-0.1, -0.05) is 15.9 Å². The van der Waals surface area contributed by atoms with E-state index in [1.54, 1.807) is 0 Å². The van der Waals surface area contributed by atoms with Crippen LogP contribution < -0.4 is 0 Å². The van der Waals surface area contributed by atoms with Gasteiger partial charge in [-0.05, 0) is 46.0 Å². The van der Waals surface area contributed by atoms with Crippen LogP contribution in [0.15, 0.2) is 0 Å². The number of alkyl halides is 1. The summed E-state index contributed by atoms with van der Waals surface area (Å²) in [7, 11) is 0. The molecule has 2 fully saturated rings. The van der Waals surface area contributed by atoms with Crippen LogP contribution in [0.5, 0.6) is 0 Å². The molecule has 0 aromatic heterocycles. The van der Waals surface area contributed by atoms with E-state index in [-0.39, 0.29) is 18.0 Å².